The summed E-state index contributed by atoms with van der Waals surface area (Å²) in [6, 6.07) is 7.95. The van der Waals surface area contributed by atoms with Crippen LogP contribution in [-0.2, 0) is 6.54 Å². The lowest BCUT2D eigenvalue weighted by molar-refractivity contribution is 0.421. The van der Waals surface area contributed by atoms with Gasteiger partial charge in [0, 0.05) is 35.5 Å². The van der Waals surface area contributed by atoms with Gasteiger partial charge in [0.1, 0.15) is 0 Å². The lowest BCUT2D eigenvalue weighted by Gasteiger charge is -2.01. The molecule has 0 unspecified atom stereocenters. The third kappa shape index (κ3) is 2.99. The van der Waals surface area contributed by atoms with E-state index in [0.717, 1.165) is 21.7 Å². The summed E-state index contributed by atoms with van der Waals surface area (Å²) < 4.78 is 1.73. The number of para-hydroxylation sites is 1. The Morgan fingerprint density at radius 3 is 3.00 bits per heavy atom. The van der Waals surface area contributed by atoms with Crippen LogP contribution in [0.1, 0.15) is 10.4 Å². The zero-order valence-corrected chi connectivity index (χ0v) is 14.8. The molecule has 124 valence electrons. The molecule has 7 heteroatoms. The number of aromatic nitrogens is 2. The van der Waals surface area contributed by atoms with Gasteiger partial charge in [0.2, 0.25) is 11.0 Å². The van der Waals surface area contributed by atoms with E-state index in [1.165, 1.54) is 22.7 Å². The molecule has 0 bridgehead atoms. The maximum atomic E-state index is 10.6. The van der Waals surface area contributed by atoms with Crippen molar-refractivity contribution in [2.45, 2.75) is 6.54 Å². The largest absolute Gasteiger partial charge is 0.493 e. The first-order chi connectivity index (χ1) is 12.3. The van der Waals surface area contributed by atoms with E-state index in [4.69, 9.17) is 0 Å². The van der Waals surface area contributed by atoms with E-state index < -0.39 is 0 Å². The molecular formula is C18H14N4OS2. The van der Waals surface area contributed by atoms with Crippen LogP contribution in [0.4, 0.5) is 10.8 Å². The zero-order valence-electron chi connectivity index (χ0n) is 13.2. The lowest BCUT2D eigenvalue weighted by atomic mass is 10.1. The molecule has 0 amide bonds. The van der Waals surface area contributed by atoms with Gasteiger partial charge in [-0.2, -0.15) is 4.99 Å². The van der Waals surface area contributed by atoms with Gasteiger partial charge in [0.15, 0.2) is 4.80 Å². The first kappa shape index (κ1) is 15.7. The molecule has 0 aliphatic carbocycles. The van der Waals surface area contributed by atoms with Crippen molar-refractivity contribution in [2.24, 2.45) is 9.98 Å². The van der Waals surface area contributed by atoms with E-state index in [0.29, 0.717) is 16.5 Å². The third-order valence-electron chi connectivity index (χ3n) is 3.67. The second-order valence-electron chi connectivity index (χ2n) is 5.27. The molecule has 0 spiro atoms. The van der Waals surface area contributed by atoms with Crippen LogP contribution >= 0.6 is 22.7 Å². The summed E-state index contributed by atoms with van der Waals surface area (Å²) >= 11 is 2.87. The van der Waals surface area contributed by atoms with Crippen molar-refractivity contribution in [1.82, 2.24) is 9.55 Å². The summed E-state index contributed by atoms with van der Waals surface area (Å²) in [7, 11) is 0. The van der Waals surface area contributed by atoms with Crippen LogP contribution < -0.4 is 4.80 Å². The van der Waals surface area contributed by atoms with E-state index in [2.05, 4.69) is 21.5 Å². The molecule has 0 saturated carbocycles. The molecule has 3 aromatic rings. The van der Waals surface area contributed by atoms with Gasteiger partial charge >= 0.3 is 0 Å². The highest BCUT2D eigenvalue weighted by molar-refractivity contribution is 7.13. The average molecular weight is 366 g/mol. The second kappa shape index (κ2) is 6.62. The van der Waals surface area contributed by atoms with Crippen LogP contribution in [0, 0.1) is 0 Å². The van der Waals surface area contributed by atoms with Crippen molar-refractivity contribution < 1.29 is 5.11 Å². The van der Waals surface area contributed by atoms with Crippen molar-refractivity contribution in [3.8, 4) is 5.88 Å². The smallest absolute Gasteiger partial charge is 0.211 e. The zero-order chi connectivity index (χ0) is 17.2. The molecule has 0 saturated heterocycles. The fourth-order valence-electron chi connectivity index (χ4n) is 2.54. The quantitative estimate of drug-likeness (QED) is 0.696. The number of thiazole rings is 2. The van der Waals surface area contributed by atoms with Crippen LogP contribution in [0.25, 0.3) is 11.6 Å². The van der Waals surface area contributed by atoms with Crippen molar-refractivity contribution in [1.29, 1.82) is 0 Å². The average Bonchev–Trinajstić information content (AvgIpc) is 3.33. The fraction of sp³-hybridized carbons (Fsp3) is 0.0556. The Morgan fingerprint density at radius 2 is 2.20 bits per heavy atom. The number of fused-ring (bicyclic) bond motifs is 1. The van der Waals surface area contributed by atoms with E-state index >= 15 is 0 Å². The maximum absolute atomic E-state index is 10.6. The standard InChI is InChI=1S/C18H14N4OS2/c1-2-8-22-16(23)15(25-18(22)21-17-19-7-9-24-17)10-12-11-20-14-6-4-3-5-13(12)14/h2-7,9-11,23H,1,8H2/b12-10+,21-18-. The monoisotopic (exact) mass is 366 g/mol. The summed E-state index contributed by atoms with van der Waals surface area (Å²) in [4.78, 5) is 14.5. The van der Waals surface area contributed by atoms with E-state index in [9.17, 15) is 5.11 Å². The predicted molar refractivity (Wildman–Crippen MR) is 104 cm³/mol. The highest BCUT2D eigenvalue weighted by Crippen LogP contribution is 2.34. The Balaban J connectivity index is 1.83. The minimum absolute atomic E-state index is 0.172. The topological polar surface area (TPSA) is 62.8 Å². The van der Waals surface area contributed by atoms with Crippen molar-refractivity contribution >= 4 is 51.4 Å². The lowest BCUT2D eigenvalue weighted by Crippen LogP contribution is -2.12. The number of benzene rings is 1. The molecule has 1 aromatic carbocycles. The van der Waals surface area contributed by atoms with Crippen molar-refractivity contribution in [3.05, 3.63) is 63.7 Å². The number of aromatic hydroxyl groups is 1. The van der Waals surface area contributed by atoms with Gasteiger partial charge in [-0.1, -0.05) is 35.6 Å². The molecule has 5 nitrogen and oxygen atoms in total. The summed E-state index contributed by atoms with van der Waals surface area (Å²) in [5.41, 5.74) is 2.97. The summed E-state index contributed by atoms with van der Waals surface area (Å²) in [6.07, 6.45) is 7.20. The molecule has 2 aromatic heterocycles. The molecule has 0 atom stereocenters. The van der Waals surface area contributed by atoms with Gasteiger partial charge < -0.3 is 5.11 Å². The minimum Gasteiger partial charge on any atom is -0.493 e. The number of allylic oxidation sites excluding steroid dienone is 2. The summed E-state index contributed by atoms with van der Waals surface area (Å²) in [5, 5.41) is 13.2. The Hall–Kier alpha value is -2.77. The van der Waals surface area contributed by atoms with Gasteiger partial charge in [-0.3, -0.25) is 9.56 Å². The summed E-state index contributed by atoms with van der Waals surface area (Å²) in [6.45, 7) is 4.23. The Labute approximate surface area is 152 Å². The molecule has 4 rings (SSSR count). The molecule has 3 heterocycles. The van der Waals surface area contributed by atoms with Gasteiger partial charge in [-0.25, -0.2) is 4.98 Å². The minimum atomic E-state index is 0.172. The van der Waals surface area contributed by atoms with E-state index in [-0.39, 0.29) is 5.88 Å². The molecule has 1 aliphatic heterocycles. The molecular weight excluding hydrogens is 352 g/mol. The first-order valence-corrected chi connectivity index (χ1v) is 9.29. The van der Waals surface area contributed by atoms with Crippen molar-refractivity contribution in [3.63, 3.8) is 0 Å². The van der Waals surface area contributed by atoms with Crippen molar-refractivity contribution in [2.75, 3.05) is 0 Å². The molecule has 0 fully saturated rings. The van der Waals surface area contributed by atoms with Crippen LogP contribution in [0.3, 0.4) is 0 Å². The number of hydrogen-bond acceptors (Lipinski definition) is 6. The second-order valence-corrected chi connectivity index (χ2v) is 7.16. The van der Waals surface area contributed by atoms with Gasteiger partial charge in [0.05, 0.1) is 10.6 Å². The summed E-state index contributed by atoms with van der Waals surface area (Å²) in [5.74, 6) is 0.172. The highest BCUT2D eigenvalue weighted by atomic mass is 32.1. The Kier molecular flexibility index (Phi) is 4.17. The SMILES string of the molecule is C=CCn1c(O)c(/C=C2\C=Nc3ccccc32)s/c1=N\c1nccs1. The molecule has 1 N–H and O–H groups in total. The van der Waals surface area contributed by atoms with Crippen LogP contribution in [0.5, 0.6) is 5.88 Å². The van der Waals surface area contributed by atoms with Crippen LogP contribution in [-0.4, -0.2) is 20.9 Å². The van der Waals surface area contributed by atoms with Gasteiger partial charge in [-0.05, 0) is 12.1 Å². The maximum Gasteiger partial charge on any atom is 0.211 e. The van der Waals surface area contributed by atoms with E-state index in [1.807, 2.05) is 41.9 Å². The predicted octanol–water partition coefficient (Wildman–Crippen LogP) is 4.39. The fourth-order valence-corrected chi connectivity index (χ4v) is 4.09. The Bertz CT molecular complexity index is 1060. The normalized spacial score (nSPS) is 15.0. The molecule has 1 aliphatic rings. The number of rotatable bonds is 4. The third-order valence-corrected chi connectivity index (χ3v) is 5.35. The van der Waals surface area contributed by atoms with E-state index in [1.54, 1.807) is 16.8 Å². The van der Waals surface area contributed by atoms with Crippen LogP contribution in [0.15, 0.2) is 58.5 Å². The van der Waals surface area contributed by atoms with Gasteiger partial charge in [-0.15, -0.1) is 17.9 Å². The highest BCUT2D eigenvalue weighted by Gasteiger charge is 2.15. The molecule has 0 radical (unpaired) electrons. The van der Waals surface area contributed by atoms with Gasteiger partial charge in [0.25, 0.3) is 0 Å². The molecule has 25 heavy (non-hydrogen) atoms. The first-order valence-electron chi connectivity index (χ1n) is 7.59. The Morgan fingerprint density at radius 1 is 1.32 bits per heavy atom. The number of nitrogens with zero attached hydrogens (tertiary/aromatic N) is 4. The van der Waals surface area contributed by atoms with Crippen LogP contribution in [0.2, 0.25) is 0 Å². The number of aliphatic imine (C=N–C) groups is 1. The number of hydrogen-bond donors (Lipinski definition) is 1.